The van der Waals surface area contributed by atoms with Crippen molar-refractivity contribution in [2.45, 2.75) is 58.6 Å². The summed E-state index contributed by atoms with van der Waals surface area (Å²) in [4.78, 5) is 23.7. The average molecular weight is 655 g/mol. The van der Waals surface area contributed by atoms with Gasteiger partial charge < -0.3 is 15.0 Å². The minimum absolute atomic E-state index is 0.344. The molecule has 0 radical (unpaired) electrons. The van der Waals surface area contributed by atoms with Crippen molar-refractivity contribution in [3.63, 3.8) is 0 Å². The van der Waals surface area contributed by atoms with Crippen molar-refractivity contribution in [1.82, 2.24) is 20.1 Å². The maximum absolute atomic E-state index is 15.5. The zero-order chi connectivity index (χ0) is 32.8. The van der Waals surface area contributed by atoms with E-state index in [2.05, 4.69) is 55.2 Å². The highest BCUT2D eigenvalue weighted by Gasteiger charge is 2.31. The number of nitrogens with one attached hydrogen (secondary N) is 1. The third kappa shape index (κ3) is 8.25. The summed E-state index contributed by atoms with van der Waals surface area (Å²) in [5, 5.41) is 7.68. The fourth-order valence-electron chi connectivity index (χ4n) is 5.09. The third-order valence-electron chi connectivity index (χ3n) is 7.34. The van der Waals surface area contributed by atoms with E-state index in [0.29, 0.717) is 27.8 Å². The summed E-state index contributed by atoms with van der Waals surface area (Å²) in [6.45, 7) is 6.53. The number of alkyl halides is 4. The van der Waals surface area contributed by atoms with Crippen molar-refractivity contribution < 1.29 is 27.1 Å². The first kappa shape index (κ1) is 33.0. The molecule has 1 fully saturated rings. The second-order valence-corrected chi connectivity index (χ2v) is 12.0. The van der Waals surface area contributed by atoms with Gasteiger partial charge in [0.2, 0.25) is 0 Å². The Bertz CT molecular complexity index is 1670. The lowest BCUT2D eigenvalue weighted by Gasteiger charge is -2.31. The maximum atomic E-state index is 15.5. The molecule has 8 nitrogen and oxygen atoms in total. The molecule has 2 atom stereocenters. The zero-order valence-electron chi connectivity index (χ0n) is 25.6. The highest BCUT2D eigenvalue weighted by Crippen LogP contribution is 2.31. The van der Waals surface area contributed by atoms with Crippen molar-refractivity contribution in [2.75, 3.05) is 17.2 Å². The van der Waals surface area contributed by atoms with Gasteiger partial charge in [-0.1, -0.05) is 61.5 Å². The van der Waals surface area contributed by atoms with E-state index >= 15 is 4.39 Å². The Balaban J connectivity index is 1.23. The summed E-state index contributed by atoms with van der Waals surface area (Å²) in [6, 6.07) is 16.7. The number of benzene rings is 3. The van der Waals surface area contributed by atoms with Gasteiger partial charge in [-0.25, -0.2) is 18.9 Å². The van der Waals surface area contributed by atoms with Gasteiger partial charge in [-0.2, -0.15) is 4.99 Å². The van der Waals surface area contributed by atoms with E-state index in [1.165, 1.54) is 52.6 Å². The number of halogens is 4. The molecule has 2 unspecified atom stereocenters. The Kier molecular flexibility index (Phi) is 10.3. The predicted octanol–water partition coefficient (Wildman–Crippen LogP) is 8.20. The van der Waals surface area contributed by atoms with E-state index in [1.807, 2.05) is 6.92 Å². The molecule has 46 heavy (non-hydrogen) atoms. The van der Waals surface area contributed by atoms with Gasteiger partial charge in [0.1, 0.15) is 18.2 Å². The van der Waals surface area contributed by atoms with E-state index in [0.717, 1.165) is 42.8 Å². The number of rotatable bonds is 9. The standard InChI is InChI=1S/C33H34F4N6O2S/c1-4-6-23-8-7-21(2)19-28(23)42-17-5-18-46-32(42)40-31(44)39-22(3)29(34)24-9-11-25(12-10-24)30-38-20-43(41-30)26-13-15-27(16-14-26)45-33(35,36)37/h7-16,19-20,22,29H,4-6,17-18H2,1-3H3,(H,39,44). The first-order chi connectivity index (χ1) is 22.0. The number of aromatic nitrogens is 3. The molecule has 3 aromatic carbocycles. The fraction of sp³-hybridized carbons (Fsp3) is 0.333. The average Bonchev–Trinajstić information content (AvgIpc) is 3.52. The van der Waals surface area contributed by atoms with Crippen LogP contribution in [0.4, 0.5) is 28.0 Å². The Labute approximate surface area is 268 Å². The largest absolute Gasteiger partial charge is 0.573 e. The Morgan fingerprint density at radius 1 is 1.11 bits per heavy atom. The smallest absolute Gasteiger partial charge is 0.406 e. The molecule has 0 saturated carbocycles. The van der Waals surface area contributed by atoms with Crippen molar-refractivity contribution in [3.05, 3.63) is 89.7 Å². The molecule has 242 valence electrons. The number of aryl methyl sites for hydroxylation is 2. The number of hydrogen-bond donors (Lipinski definition) is 1. The van der Waals surface area contributed by atoms with E-state index < -0.39 is 24.6 Å². The number of amides is 2. The number of carbonyl (C=O) groups is 1. The number of amidine groups is 1. The monoisotopic (exact) mass is 654 g/mol. The van der Waals surface area contributed by atoms with Gasteiger partial charge >= 0.3 is 12.4 Å². The Hall–Kier alpha value is -4.39. The van der Waals surface area contributed by atoms with Crippen molar-refractivity contribution in [3.8, 4) is 22.8 Å². The van der Waals surface area contributed by atoms with Gasteiger partial charge in [0, 0.05) is 23.5 Å². The minimum atomic E-state index is -4.78. The molecule has 1 saturated heterocycles. The van der Waals surface area contributed by atoms with Crippen LogP contribution in [0.3, 0.4) is 0 Å². The lowest BCUT2D eigenvalue weighted by molar-refractivity contribution is -0.274. The third-order valence-corrected chi connectivity index (χ3v) is 8.40. The molecule has 13 heteroatoms. The molecule has 0 spiro atoms. The number of anilines is 1. The molecule has 5 rings (SSSR count). The summed E-state index contributed by atoms with van der Waals surface area (Å²) < 4.78 is 58.1. The van der Waals surface area contributed by atoms with Gasteiger partial charge in [-0.15, -0.1) is 18.3 Å². The zero-order valence-corrected chi connectivity index (χ0v) is 26.4. The van der Waals surface area contributed by atoms with Gasteiger partial charge in [0.15, 0.2) is 11.0 Å². The maximum Gasteiger partial charge on any atom is 0.573 e. The molecular formula is C33H34F4N6O2S. The number of thioether (sulfide) groups is 1. The lowest BCUT2D eigenvalue weighted by atomic mass is 10.0. The number of urea groups is 1. The fourth-order valence-corrected chi connectivity index (χ4v) is 6.04. The molecule has 0 aliphatic carbocycles. The minimum Gasteiger partial charge on any atom is -0.406 e. The Morgan fingerprint density at radius 2 is 1.85 bits per heavy atom. The van der Waals surface area contributed by atoms with Gasteiger partial charge in [0.05, 0.1) is 11.7 Å². The van der Waals surface area contributed by atoms with Crippen LogP contribution in [0.1, 0.15) is 49.6 Å². The number of hydrogen-bond acceptors (Lipinski definition) is 5. The number of nitrogens with zero attached hydrogens (tertiary/aromatic N) is 5. The predicted molar refractivity (Wildman–Crippen MR) is 172 cm³/mol. The number of ether oxygens (including phenoxy) is 1. The molecule has 1 aliphatic heterocycles. The van der Waals surface area contributed by atoms with Crippen LogP contribution in [0.25, 0.3) is 17.1 Å². The quantitative estimate of drug-likeness (QED) is 0.183. The van der Waals surface area contributed by atoms with Crippen LogP contribution in [0.2, 0.25) is 0 Å². The topological polar surface area (TPSA) is 84.6 Å². The number of carbonyl (C=O) groups excluding carboxylic acids is 1. The van der Waals surface area contributed by atoms with Gasteiger partial charge in [0.25, 0.3) is 0 Å². The summed E-state index contributed by atoms with van der Waals surface area (Å²) in [5.74, 6) is 0.852. The number of aliphatic imine (C=N–C) groups is 1. The van der Waals surface area contributed by atoms with E-state index in [9.17, 15) is 18.0 Å². The molecule has 1 aliphatic rings. The first-order valence-corrected chi connectivity index (χ1v) is 15.9. The van der Waals surface area contributed by atoms with E-state index in [4.69, 9.17) is 0 Å². The SMILES string of the molecule is CCCc1ccc(C)cc1N1CCCSC1=NC(=O)NC(C)C(F)c1ccc(-c2ncn(-c3ccc(OC(F)(F)F)cc3)n2)cc1. The molecule has 0 bridgehead atoms. The van der Waals surface area contributed by atoms with Crippen LogP contribution in [0, 0.1) is 6.92 Å². The second-order valence-electron chi connectivity index (χ2n) is 10.9. The van der Waals surface area contributed by atoms with Crippen molar-refractivity contribution in [2.24, 2.45) is 4.99 Å². The van der Waals surface area contributed by atoms with E-state index in [1.54, 1.807) is 31.2 Å². The van der Waals surface area contributed by atoms with Gasteiger partial charge in [-0.3, -0.25) is 0 Å². The van der Waals surface area contributed by atoms with Crippen LogP contribution in [-0.2, 0) is 6.42 Å². The van der Waals surface area contributed by atoms with Crippen LogP contribution >= 0.6 is 11.8 Å². The molecule has 1 aromatic heterocycles. The molecule has 1 N–H and O–H groups in total. The van der Waals surface area contributed by atoms with Crippen LogP contribution in [0.15, 0.2) is 78.0 Å². The normalized spacial score (nSPS) is 15.9. The van der Waals surface area contributed by atoms with Crippen molar-refractivity contribution in [1.29, 1.82) is 0 Å². The van der Waals surface area contributed by atoms with Gasteiger partial charge in [-0.05, 0) is 73.7 Å². The summed E-state index contributed by atoms with van der Waals surface area (Å²) in [7, 11) is 0. The molecule has 4 aromatic rings. The molecule has 2 amide bonds. The highest BCUT2D eigenvalue weighted by molar-refractivity contribution is 8.14. The van der Waals surface area contributed by atoms with E-state index in [-0.39, 0.29) is 5.75 Å². The Morgan fingerprint density at radius 3 is 2.54 bits per heavy atom. The highest BCUT2D eigenvalue weighted by atomic mass is 32.2. The lowest BCUT2D eigenvalue weighted by Crippen LogP contribution is -2.38. The van der Waals surface area contributed by atoms with Crippen LogP contribution in [0.5, 0.6) is 5.75 Å². The second kappa shape index (κ2) is 14.4. The summed E-state index contributed by atoms with van der Waals surface area (Å²) in [6.07, 6.45) is -1.96. The van der Waals surface area contributed by atoms with Crippen molar-refractivity contribution >= 4 is 28.6 Å². The molecule has 2 heterocycles. The summed E-state index contributed by atoms with van der Waals surface area (Å²) in [5.41, 5.74) is 4.86. The molecular weight excluding hydrogens is 620 g/mol. The first-order valence-electron chi connectivity index (χ1n) is 14.9. The summed E-state index contributed by atoms with van der Waals surface area (Å²) >= 11 is 1.52. The van der Waals surface area contributed by atoms with Crippen LogP contribution in [-0.4, -0.2) is 50.7 Å². The van der Waals surface area contributed by atoms with Crippen LogP contribution < -0.4 is 15.0 Å².